The van der Waals surface area contributed by atoms with Crippen molar-refractivity contribution in [3.63, 3.8) is 0 Å². The van der Waals surface area contributed by atoms with Crippen LogP contribution in [0.2, 0.25) is 0 Å². The SMILES string of the molecule is Cc1cc(N2CCC(CN(C)C)CC2)c(C(C)N)cc1F. The number of benzene rings is 1. The summed E-state index contributed by atoms with van der Waals surface area (Å²) < 4.78 is 13.8. The Hall–Kier alpha value is -1.13. The van der Waals surface area contributed by atoms with Crippen LogP contribution in [0.5, 0.6) is 0 Å². The monoisotopic (exact) mass is 293 g/mol. The highest BCUT2D eigenvalue weighted by Gasteiger charge is 2.23. The Kier molecular flexibility index (Phi) is 5.22. The van der Waals surface area contributed by atoms with E-state index in [1.54, 1.807) is 6.07 Å². The van der Waals surface area contributed by atoms with Crippen molar-refractivity contribution >= 4 is 5.69 Å². The van der Waals surface area contributed by atoms with E-state index in [1.165, 1.54) is 12.8 Å². The largest absolute Gasteiger partial charge is 0.371 e. The average molecular weight is 293 g/mol. The molecule has 21 heavy (non-hydrogen) atoms. The Balaban J connectivity index is 2.14. The van der Waals surface area contributed by atoms with E-state index >= 15 is 0 Å². The number of nitrogens with zero attached hydrogens (tertiary/aromatic N) is 2. The average Bonchev–Trinajstić information content (AvgIpc) is 2.41. The number of nitrogens with two attached hydrogens (primary N) is 1. The van der Waals surface area contributed by atoms with Crippen molar-refractivity contribution in [3.8, 4) is 0 Å². The van der Waals surface area contributed by atoms with Crippen LogP contribution in [0.3, 0.4) is 0 Å². The van der Waals surface area contributed by atoms with E-state index in [0.29, 0.717) is 5.56 Å². The van der Waals surface area contributed by atoms with E-state index in [9.17, 15) is 4.39 Å². The lowest BCUT2D eigenvalue weighted by atomic mass is 9.94. The minimum Gasteiger partial charge on any atom is -0.371 e. The summed E-state index contributed by atoms with van der Waals surface area (Å²) in [4.78, 5) is 4.63. The van der Waals surface area contributed by atoms with Crippen molar-refractivity contribution in [2.45, 2.75) is 32.7 Å². The molecule has 3 nitrogen and oxygen atoms in total. The van der Waals surface area contributed by atoms with Crippen LogP contribution in [0.15, 0.2) is 12.1 Å². The number of piperidine rings is 1. The molecule has 118 valence electrons. The molecule has 1 aliphatic rings. The molecule has 0 aromatic heterocycles. The fourth-order valence-electron chi connectivity index (χ4n) is 3.19. The summed E-state index contributed by atoms with van der Waals surface area (Å²) in [6.45, 7) is 6.96. The van der Waals surface area contributed by atoms with Crippen LogP contribution in [0.4, 0.5) is 10.1 Å². The zero-order valence-corrected chi connectivity index (χ0v) is 13.7. The van der Waals surface area contributed by atoms with Gasteiger partial charge in [-0.15, -0.1) is 0 Å². The van der Waals surface area contributed by atoms with E-state index in [0.717, 1.165) is 36.8 Å². The van der Waals surface area contributed by atoms with Gasteiger partial charge in [-0.2, -0.15) is 0 Å². The molecular weight excluding hydrogens is 265 g/mol. The first-order valence-corrected chi connectivity index (χ1v) is 7.83. The second kappa shape index (κ2) is 6.75. The summed E-state index contributed by atoms with van der Waals surface area (Å²) in [5, 5.41) is 0. The minimum atomic E-state index is -0.159. The van der Waals surface area contributed by atoms with Crippen molar-refractivity contribution in [1.29, 1.82) is 0 Å². The number of rotatable bonds is 4. The van der Waals surface area contributed by atoms with Gasteiger partial charge in [-0.05, 0) is 70.0 Å². The first-order valence-electron chi connectivity index (χ1n) is 7.83. The van der Waals surface area contributed by atoms with Gasteiger partial charge >= 0.3 is 0 Å². The van der Waals surface area contributed by atoms with Crippen LogP contribution in [-0.4, -0.2) is 38.6 Å². The number of hydrogen-bond donors (Lipinski definition) is 1. The molecule has 1 aliphatic heterocycles. The van der Waals surface area contributed by atoms with Gasteiger partial charge in [-0.25, -0.2) is 4.39 Å². The lowest BCUT2D eigenvalue weighted by molar-refractivity contribution is 0.285. The number of anilines is 1. The molecule has 0 amide bonds. The normalized spacial score (nSPS) is 18.3. The summed E-state index contributed by atoms with van der Waals surface area (Å²) in [5.74, 6) is 0.602. The topological polar surface area (TPSA) is 32.5 Å². The fraction of sp³-hybridized carbons (Fsp3) is 0.647. The lowest BCUT2D eigenvalue weighted by Crippen LogP contribution is -2.37. The van der Waals surface area contributed by atoms with E-state index in [4.69, 9.17) is 5.73 Å². The zero-order valence-electron chi connectivity index (χ0n) is 13.7. The summed E-state index contributed by atoms with van der Waals surface area (Å²) in [6, 6.07) is 3.43. The highest BCUT2D eigenvalue weighted by molar-refractivity contribution is 5.57. The third-order valence-corrected chi connectivity index (χ3v) is 4.38. The molecule has 0 radical (unpaired) electrons. The molecule has 0 saturated carbocycles. The van der Waals surface area contributed by atoms with Gasteiger partial charge < -0.3 is 15.5 Å². The molecule has 1 heterocycles. The van der Waals surface area contributed by atoms with Crippen LogP contribution in [0.25, 0.3) is 0 Å². The number of hydrogen-bond acceptors (Lipinski definition) is 3. The lowest BCUT2D eigenvalue weighted by Gasteiger charge is -2.36. The Morgan fingerprint density at radius 1 is 1.33 bits per heavy atom. The standard InChI is InChI=1S/C17H28FN3/c1-12-9-17(15(13(2)19)10-16(12)18)21-7-5-14(6-8-21)11-20(3)4/h9-10,13-14H,5-8,11,19H2,1-4H3. The van der Waals surface area contributed by atoms with Gasteiger partial charge in [-0.3, -0.25) is 0 Å². The first kappa shape index (κ1) is 16.2. The second-order valence-electron chi connectivity index (χ2n) is 6.64. The molecule has 2 N–H and O–H groups in total. The van der Waals surface area contributed by atoms with Crippen LogP contribution >= 0.6 is 0 Å². The predicted octanol–water partition coefficient (Wildman–Crippen LogP) is 2.93. The number of aryl methyl sites for hydroxylation is 1. The van der Waals surface area contributed by atoms with Crippen LogP contribution in [0, 0.1) is 18.7 Å². The van der Waals surface area contributed by atoms with Gasteiger partial charge in [0.1, 0.15) is 5.82 Å². The minimum absolute atomic E-state index is 0.144. The molecule has 2 rings (SSSR count). The van der Waals surface area contributed by atoms with E-state index in [1.807, 2.05) is 19.9 Å². The molecule has 1 unspecified atom stereocenters. The maximum absolute atomic E-state index is 13.8. The Labute approximate surface area is 127 Å². The van der Waals surface area contributed by atoms with Crippen molar-refractivity contribution in [1.82, 2.24) is 4.90 Å². The van der Waals surface area contributed by atoms with Gasteiger partial charge in [0, 0.05) is 31.4 Å². The second-order valence-corrected chi connectivity index (χ2v) is 6.64. The Morgan fingerprint density at radius 3 is 2.48 bits per heavy atom. The van der Waals surface area contributed by atoms with Gasteiger partial charge in [0.05, 0.1) is 0 Å². The fourth-order valence-corrected chi connectivity index (χ4v) is 3.19. The quantitative estimate of drug-likeness (QED) is 0.926. The zero-order chi connectivity index (χ0) is 15.6. The van der Waals surface area contributed by atoms with E-state index in [2.05, 4.69) is 23.9 Å². The van der Waals surface area contributed by atoms with Crippen LogP contribution < -0.4 is 10.6 Å². The van der Waals surface area contributed by atoms with Gasteiger partial charge in [0.15, 0.2) is 0 Å². The Bertz CT molecular complexity index is 477. The molecule has 0 spiro atoms. The summed E-state index contributed by atoms with van der Waals surface area (Å²) >= 11 is 0. The molecule has 1 saturated heterocycles. The number of halogens is 1. The molecule has 1 atom stereocenters. The molecule has 1 aromatic rings. The third-order valence-electron chi connectivity index (χ3n) is 4.38. The van der Waals surface area contributed by atoms with Crippen molar-refractivity contribution < 1.29 is 4.39 Å². The maximum atomic E-state index is 13.8. The van der Waals surface area contributed by atoms with Gasteiger partial charge in [-0.1, -0.05) is 0 Å². The third kappa shape index (κ3) is 3.95. The Morgan fingerprint density at radius 2 is 1.95 bits per heavy atom. The molecule has 4 heteroatoms. The first-order chi connectivity index (χ1) is 9.88. The van der Waals surface area contributed by atoms with Crippen LogP contribution in [-0.2, 0) is 0 Å². The molecule has 0 aliphatic carbocycles. The van der Waals surface area contributed by atoms with Gasteiger partial charge in [0.2, 0.25) is 0 Å². The van der Waals surface area contributed by atoms with Crippen molar-refractivity contribution in [2.24, 2.45) is 11.7 Å². The summed E-state index contributed by atoms with van der Waals surface area (Å²) in [5.41, 5.74) is 8.77. The highest BCUT2D eigenvalue weighted by Crippen LogP contribution is 2.31. The van der Waals surface area contributed by atoms with Crippen molar-refractivity contribution in [3.05, 3.63) is 29.1 Å². The summed E-state index contributed by atoms with van der Waals surface area (Å²) in [7, 11) is 4.26. The maximum Gasteiger partial charge on any atom is 0.126 e. The molecule has 1 aromatic carbocycles. The van der Waals surface area contributed by atoms with Crippen LogP contribution in [0.1, 0.15) is 36.9 Å². The van der Waals surface area contributed by atoms with Crippen molar-refractivity contribution in [2.75, 3.05) is 38.6 Å². The van der Waals surface area contributed by atoms with Gasteiger partial charge in [0.25, 0.3) is 0 Å². The summed E-state index contributed by atoms with van der Waals surface area (Å²) in [6.07, 6.45) is 2.37. The molecule has 1 fully saturated rings. The molecular formula is C17H28FN3. The van der Waals surface area contributed by atoms with E-state index < -0.39 is 0 Å². The smallest absolute Gasteiger partial charge is 0.126 e. The molecule has 0 bridgehead atoms. The highest BCUT2D eigenvalue weighted by atomic mass is 19.1. The van der Waals surface area contributed by atoms with E-state index in [-0.39, 0.29) is 11.9 Å². The predicted molar refractivity (Wildman–Crippen MR) is 87.2 cm³/mol.